The molecule has 3 nitrogen and oxygen atoms in total. The number of likely N-dealkylation sites (tertiary alicyclic amines) is 1. The minimum atomic E-state index is -4.17. The molecule has 2 fully saturated rings. The van der Waals surface area contributed by atoms with Gasteiger partial charge in [0.25, 0.3) is 0 Å². The van der Waals surface area contributed by atoms with Gasteiger partial charge < -0.3 is 14.4 Å². The van der Waals surface area contributed by atoms with Crippen LogP contribution in [0, 0.1) is 17.8 Å². The monoisotopic (exact) mass is 359 g/mol. The molecule has 0 bridgehead atoms. The smallest absolute Gasteiger partial charge is 0.394 e. The van der Waals surface area contributed by atoms with Gasteiger partial charge in [0.15, 0.2) is 0 Å². The standard InChI is InChI=1S/C17H20F3NO2S/c1-9-6-13(24)21(16-14(9)15(16)17(18,19)20)8-10-4-5-11(22-2)7-12(10)23-3/h4-5,7,9,14-16H,6,8H2,1-3H3/t9-,14-,15-,16-/m0/s1. The maximum Gasteiger partial charge on any atom is 0.394 e. The molecule has 3 rings (SSSR count). The molecule has 1 aliphatic carbocycles. The summed E-state index contributed by atoms with van der Waals surface area (Å²) in [4.78, 5) is 2.34. The van der Waals surface area contributed by atoms with Gasteiger partial charge in [-0.3, -0.25) is 0 Å². The van der Waals surface area contributed by atoms with Crippen LogP contribution in [-0.2, 0) is 6.54 Å². The summed E-state index contributed by atoms with van der Waals surface area (Å²) in [5.74, 6) is -0.430. The lowest BCUT2D eigenvalue weighted by Crippen LogP contribution is -2.38. The average molecular weight is 359 g/mol. The molecule has 0 amide bonds. The first-order valence-corrected chi connectivity index (χ1v) is 8.25. The van der Waals surface area contributed by atoms with E-state index in [-0.39, 0.29) is 11.8 Å². The minimum absolute atomic E-state index is 0.0249. The number of halogens is 3. The van der Waals surface area contributed by atoms with Gasteiger partial charge in [0.05, 0.1) is 25.1 Å². The molecular formula is C17H20F3NO2S. The molecule has 1 aliphatic heterocycles. The molecule has 1 saturated carbocycles. The second-order valence-corrected chi connectivity index (χ2v) is 6.99. The van der Waals surface area contributed by atoms with Crippen molar-refractivity contribution in [3.05, 3.63) is 23.8 Å². The van der Waals surface area contributed by atoms with E-state index >= 15 is 0 Å². The van der Waals surface area contributed by atoms with E-state index in [2.05, 4.69) is 0 Å². The molecular weight excluding hydrogens is 339 g/mol. The summed E-state index contributed by atoms with van der Waals surface area (Å²) in [6.07, 6.45) is -3.65. The van der Waals surface area contributed by atoms with Crippen molar-refractivity contribution < 1.29 is 22.6 Å². The average Bonchev–Trinajstić information content (AvgIpc) is 3.27. The van der Waals surface area contributed by atoms with Crippen LogP contribution in [0.2, 0.25) is 0 Å². The zero-order valence-electron chi connectivity index (χ0n) is 13.8. The highest BCUT2D eigenvalue weighted by molar-refractivity contribution is 7.80. The lowest BCUT2D eigenvalue weighted by Gasteiger charge is -2.32. The molecule has 132 valence electrons. The molecule has 0 aromatic heterocycles. The molecule has 1 heterocycles. The fourth-order valence-electron chi connectivity index (χ4n) is 3.88. The van der Waals surface area contributed by atoms with Gasteiger partial charge in [0, 0.05) is 30.6 Å². The van der Waals surface area contributed by atoms with E-state index in [1.165, 1.54) is 7.11 Å². The van der Waals surface area contributed by atoms with Gasteiger partial charge in [-0.25, -0.2) is 0 Å². The van der Waals surface area contributed by atoms with Crippen molar-refractivity contribution >= 4 is 17.2 Å². The highest BCUT2D eigenvalue weighted by Gasteiger charge is 2.69. The summed E-state index contributed by atoms with van der Waals surface area (Å²) >= 11 is 5.40. The number of nitrogens with zero attached hydrogens (tertiary/aromatic N) is 1. The van der Waals surface area contributed by atoms with E-state index in [1.54, 1.807) is 24.1 Å². The molecule has 1 aromatic rings. The third-order valence-corrected chi connectivity index (χ3v) is 5.48. The van der Waals surface area contributed by atoms with Crippen LogP contribution in [0.4, 0.5) is 13.2 Å². The topological polar surface area (TPSA) is 21.7 Å². The third kappa shape index (κ3) is 2.94. The highest BCUT2D eigenvalue weighted by atomic mass is 32.1. The Morgan fingerprint density at radius 1 is 1.25 bits per heavy atom. The summed E-state index contributed by atoms with van der Waals surface area (Å²) < 4.78 is 50.4. The number of thiocarbonyl (C=S) groups is 1. The number of fused-ring (bicyclic) bond motifs is 1. The maximum absolute atomic E-state index is 13.3. The first kappa shape index (κ1) is 17.3. The van der Waals surface area contributed by atoms with Crippen molar-refractivity contribution in [2.24, 2.45) is 17.8 Å². The number of ether oxygens (including phenoxy) is 2. The van der Waals surface area contributed by atoms with Gasteiger partial charge in [-0.2, -0.15) is 13.2 Å². The van der Waals surface area contributed by atoms with Gasteiger partial charge in [-0.05, 0) is 24.0 Å². The Labute approximate surface area is 144 Å². The Bertz CT molecular complexity index is 649. The van der Waals surface area contributed by atoms with E-state index in [9.17, 15) is 13.2 Å². The van der Waals surface area contributed by atoms with Crippen molar-refractivity contribution in [1.29, 1.82) is 0 Å². The van der Waals surface area contributed by atoms with Crippen LogP contribution in [-0.4, -0.2) is 36.3 Å². The zero-order chi connectivity index (χ0) is 17.6. The fraction of sp³-hybridized carbons (Fsp3) is 0.588. The van der Waals surface area contributed by atoms with Crippen LogP contribution >= 0.6 is 12.2 Å². The molecule has 0 unspecified atom stereocenters. The quantitative estimate of drug-likeness (QED) is 0.756. The van der Waals surface area contributed by atoms with Gasteiger partial charge >= 0.3 is 6.18 Å². The van der Waals surface area contributed by atoms with Crippen molar-refractivity contribution in [3.8, 4) is 11.5 Å². The number of benzene rings is 1. The molecule has 0 radical (unpaired) electrons. The van der Waals surface area contributed by atoms with Crippen molar-refractivity contribution in [2.75, 3.05) is 14.2 Å². The lowest BCUT2D eigenvalue weighted by molar-refractivity contribution is -0.154. The van der Waals surface area contributed by atoms with Crippen LogP contribution in [0.5, 0.6) is 11.5 Å². The number of hydrogen-bond acceptors (Lipinski definition) is 3. The second-order valence-electron chi connectivity index (χ2n) is 6.52. The summed E-state index contributed by atoms with van der Waals surface area (Å²) in [5, 5.41) is 0. The predicted octanol–water partition coefficient (Wildman–Crippen LogP) is 4.05. The summed E-state index contributed by atoms with van der Waals surface area (Å²) in [5.41, 5.74) is 0.807. The van der Waals surface area contributed by atoms with Crippen LogP contribution in [0.3, 0.4) is 0 Å². The summed E-state index contributed by atoms with van der Waals surface area (Å²) in [7, 11) is 3.09. The molecule has 1 aromatic carbocycles. The second kappa shape index (κ2) is 6.10. The minimum Gasteiger partial charge on any atom is -0.497 e. The Kier molecular flexibility index (Phi) is 4.40. The SMILES string of the molecule is COc1ccc(CN2C(=S)C[C@H](C)[C@@H]3[C@H]2[C@H]3C(F)(F)F)c(OC)c1. The Hall–Kier alpha value is -1.50. The van der Waals surface area contributed by atoms with Crippen LogP contribution in [0.1, 0.15) is 18.9 Å². The normalized spacial score (nSPS) is 29.2. The van der Waals surface area contributed by atoms with E-state index in [0.29, 0.717) is 29.5 Å². The first-order valence-electron chi connectivity index (χ1n) is 7.85. The molecule has 1 saturated heterocycles. The van der Waals surface area contributed by atoms with Crippen LogP contribution < -0.4 is 9.47 Å². The molecule has 2 aliphatic rings. The van der Waals surface area contributed by atoms with E-state index in [0.717, 1.165) is 5.56 Å². The molecule has 4 atom stereocenters. The first-order chi connectivity index (χ1) is 11.3. The number of rotatable bonds is 4. The van der Waals surface area contributed by atoms with Crippen molar-refractivity contribution in [1.82, 2.24) is 4.90 Å². The van der Waals surface area contributed by atoms with Gasteiger partial charge in [-0.15, -0.1) is 0 Å². The largest absolute Gasteiger partial charge is 0.497 e. The predicted molar refractivity (Wildman–Crippen MR) is 88.3 cm³/mol. The third-order valence-electron chi connectivity index (χ3n) is 5.08. The van der Waals surface area contributed by atoms with Gasteiger partial charge in [0.2, 0.25) is 0 Å². The van der Waals surface area contributed by atoms with Crippen molar-refractivity contribution in [3.63, 3.8) is 0 Å². The summed E-state index contributed by atoms with van der Waals surface area (Å²) in [6.45, 7) is 2.19. The van der Waals surface area contributed by atoms with E-state index in [1.807, 2.05) is 13.0 Å². The van der Waals surface area contributed by atoms with E-state index < -0.39 is 18.1 Å². The maximum atomic E-state index is 13.3. The number of piperidine rings is 1. The van der Waals surface area contributed by atoms with Crippen molar-refractivity contribution in [2.45, 2.75) is 32.1 Å². The zero-order valence-corrected chi connectivity index (χ0v) is 14.6. The van der Waals surface area contributed by atoms with Crippen LogP contribution in [0.25, 0.3) is 0 Å². The fourth-order valence-corrected chi connectivity index (χ4v) is 4.33. The lowest BCUT2D eigenvalue weighted by atomic mass is 9.96. The van der Waals surface area contributed by atoms with E-state index in [4.69, 9.17) is 21.7 Å². The molecule has 7 heteroatoms. The molecule has 0 spiro atoms. The highest BCUT2D eigenvalue weighted by Crippen LogP contribution is 2.59. The Morgan fingerprint density at radius 2 is 1.96 bits per heavy atom. The summed E-state index contributed by atoms with van der Waals surface area (Å²) in [6, 6.07) is 4.78. The van der Waals surface area contributed by atoms with Gasteiger partial charge in [-0.1, -0.05) is 19.1 Å². The molecule has 0 N–H and O–H groups in total. The number of hydrogen-bond donors (Lipinski definition) is 0. The Balaban J connectivity index is 1.85. The van der Waals surface area contributed by atoms with Crippen LogP contribution in [0.15, 0.2) is 18.2 Å². The Morgan fingerprint density at radius 3 is 2.54 bits per heavy atom. The number of alkyl halides is 3. The molecule has 24 heavy (non-hydrogen) atoms. The van der Waals surface area contributed by atoms with Gasteiger partial charge in [0.1, 0.15) is 11.5 Å². The number of methoxy groups -OCH3 is 2.